The van der Waals surface area contributed by atoms with E-state index in [1.807, 2.05) is 14.0 Å². The van der Waals surface area contributed by atoms with E-state index in [-0.39, 0.29) is 11.9 Å². The smallest absolute Gasteiger partial charge is 0.237 e. The SMILES string of the molecule is Cc1nn(C)c(Cl)c1CNC1CCCNC1=O. The molecule has 0 aliphatic carbocycles. The minimum absolute atomic E-state index is 0.0777. The van der Waals surface area contributed by atoms with E-state index in [9.17, 15) is 4.79 Å². The van der Waals surface area contributed by atoms with Crippen LogP contribution in [0.3, 0.4) is 0 Å². The van der Waals surface area contributed by atoms with Crippen LogP contribution in [-0.2, 0) is 18.4 Å². The number of carbonyl (C=O) groups excluding carboxylic acids is 1. The molecule has 0 aromatic carbocycles. The summed E-state index contributed by atoms with van der Waals surface area (Å²) < 4.78 is 1.65. The summed E-state index contributed by atoms with van der Waals surface area (Å²) in [5, 5.41) is 10.9. The molecule has 0 spiro atoms. The van der Waals surface area contributed by atoms with Gasteiger partial charge in [0.1, 0.15) is 5.15 Å². The van der Waals surface area contributed by atoms with Gasteiger partial charge in [0.15, 0.2) is 0 Å². The Hall–Kier alpha value is -1.07. The summed E-state index contributed by atoms with van der Waals surface area (Å²) in [5.41, 5.74) is 1.87. The third-order valence-corrected chi connectivity index (χ3v) is 3.55. The molecular formula is C11H17ClN4O. The lowest BCUT2D eigenvalue weighted by Gasteiger charge is -2.22. The maximum absolute atomic E-state index is 11.6. The predicted octanol–water partition coefficient (Wildman–Crippen LogP) is 0.750. The van der Waals surface area contributed by atoms with Crippen LogP contribution in [0, 0.1) is 6.92 Å². The molecule has 1 saturated heterocycles. The molecule has 17 heavy (non-hydrogen) atoms. The van der Waals surface area contributed by atoms with Crippen molar-refractivity contribution in [2.75, 3.05) is 6.54 Å². The molecule has 1 aliphatic rings. The molecule has 1 atom stereocenters. The zero-order valence-corrected chi connectivity index (χ0v) is 10.8. The number of aromatic nitrogens is 2. The first-order chi connectivity index (χ1) is 8.09. The van der Waals surface area contributed by atoms with Gasteiger partial charge >= 0.3 is 0 Å². The molecule has 5 nitrogen and oxygen atoms in total. The highest BCUT2D eigenvalue weighted by Gasteiger charge is 2.22. The summed E-state index contributed by atoms with van der Waals surface area (Å²) in [5.74, 6) is 0.0777. The minimum Gasteiger partial charge on any atom is -0.355 e. The Balaban J connectivity index is 1.99. The second-order valence-corrected chi connectivity index (χ2v) is 4.70. The van der Waals surface area contributed by atoms with E-state index in [2.05, 4.69) is 15.7 Å². The van der Waals surface area contributed by atoms with Gasteiger partial charge in [-0.1, -0.05) is 11.6 Å². The Labute approximate surface area is 106 Å². The summed E-state index contributed by atoms with van der Waals surface area (Å²) in [6, 6.07) is -0.112. The molecule has 1 fully saturated rings. The van der Waals surface area contributed by atoms with Crippen molar-refractivity contribution in [3.8, 4) is 0 Å². The van der Waals surface area contributed by atoms with Crippen LogP contribution in [0.2, 0.25) is 5.15 Å². The van der Waals surface area contributed by atoms with Gasteiger partial charge in [-0.3, -0.25) is 9.48 Å². The Morgan fingerprint density at radius 2 is 2.41 bits per heavy atom. The standard InChI is InChI=1S/C11H17ClN4O/c1-7-8(10(12)16(2)15-7)6-14-9-4-3-5-13-11(9)17/h9,14H,3-6H2,1-2H3,(H,13,17). The number of aryl methyl sites for hydroxylation is 2. The van der Waals surface area contributed by atoms with E-state index >= 15 is 0 Å². The van der Waals surface area contributed by atoms with Crippen LogP contribution in [0.15, 0.2) is 0 Å². The Morgan fingerprint density at radius 1 is 1.65 bits per heavy atom. The molecule has 6 heteroatoms. The van der Waals surface area contributed by atoms with Crippen molar-refractivity contribution in [2.45, 2.75) is 32.4 Å². The maximum Gasteiger partial charge on any atom is 0.237 e. The first kappa shape index (κ1) is 12.4. The fraction of sp³-hybridized carbons (Fsp3) is 0.636. The Kier molecular flexibility index (Phi) is 3.69. The normalized spacial score (nSPS) is 20.4. The van der Waals surface area contributed by atoms with Gasteiger partial charge in [0, 0.05) is 25.7 Å². The highest BCUT2D eigenvalue weighted by Crippen LogP contribution is 2.18. The summed E-state index contributed by atoms with van der Waals surface area (Å²) in [7, 11) is 1.81. The third-order valence-electron chi connectivity index (χ3n) is 3.08. The van der Waals surface area contributed by atoms with Crippen LogP contribution in [0.5, 0.6) is 0 Å². The van der Waals surface area contributed by atoms with Gasteiger partial charge in [-0.15, -0.1) is 0 Å². The highest BCUT2D eigenvalue weighted by atomic mass is 35.5. The van der Waals surface area contributed by atoms with Gasteiger partial charge in [0.2, 0.25) is 5.91 Å². The summed E-state index contributed by atoms with van der Waals surface area (Å²) in [4.78, 5) is 11.6. The monoisotopic (exact) mass is 256 g/mol. The number of amides is 1. The van der Waals surface area contributed by atoms with Crippen LogP contribution in [0.1, 0.15) is 24.1 Å². The van der Waals surface area contributed by atoms with E-state index in [0.29, 0.717) is 11.7 Å². The molecule has 2 heterocycles. The molecule has 1 amide bonds. The second-order valence-electron chi connectivity index (χ2n) is 4.35. The van der Waals surface area contributed by atoms with Gasteiger partial charge in [-0.05, 0) is 19.8 Å². The highest BCUT2D eigenvalue weighted by molar-refractivity contribution is 6.30. The third kappa shape index (κ3) is 2.61. The van der Waals surface area contributed by atoms with E-state index in [4.69, 9.17) is 11.6 Å². The van der Waals surface area contributed by atoms with Crippen molar-refractivity contribution in [3.63, 3.8) is 0 Å². The van der Waals surface area contributed by atoms with E-state index in [1.165, 1.54) is 0 Å². The summed E-state index contributed by atoms with van der Waals surface area (Å²) in [6.07, 6.45) is 1.89. The number of rotatable bonds is 3. The number of hydrogen-bond donors (Lipinski definition) is 2. The maximum atomic E-state index is 11.6. The lowest BCUT2D eigenvalue weighted by atomic mass is 10.1. The van der Waals surface area contributed by atoms with Gasteiger partial charge in [-0.2, -0.15) is 5.10 Å². The van der Waals surface area contributed by atoms with Crippen LogP contribution in [0.4, 0.5) is 0 Å². The number of carbonyl (C=O) groups is 1. The Bertz CT molecular complexity index is 429. The van der Waals surface area contributed by atoms with Gasteiger partial charge in [0.25, 0.3) is 0 Å². The Morgan fingerprint density at radius 3 is 3.00 bits per heavy atom. The van der Waals surface area contributed by atoms with Crippen molar-refractivity contribution < 1.29 is 4.79 Å². The van der Waals surface area contributed by atoms with Gasteiger partial charge < -0.3 is 10.6 Å². The molecule has 1 unspecified atom stereocenters. The first-order valence-electron chi connectivity index (χ1n) is 5.78. The zero-order chi connectivity index (χ0) is 12.4. The average Bonchev–Trinajstić information content (AvgIpc) is 2.53. The molecule has 1 aromatic rings. The van der Waals surface area contributed by atoms with E-state index < -0.39 is 0 Å². The van der Waals surface area contributed by atoms with Crippen LogP contribution >= 0.6 is 11.6 Å². The van der Waals surface area contributed by atoms with Crippen LogP contribution in [-0.4, -0.2) is 28.3 Å². The summed E-state index contributed by atoms with van der Waals surface area (Å²) >= 11 is 6.13. The molecule has 0 saturated carbocycles. The number of nitrogens with one attached hydrogen (secondary N) is 2. The lowest BCUT2D eigenvalue weighted by Crippen LogP contribution is -2.47. The van der Waals surface area contributed by atoms with Crippen LogP contribution < -0.4 is 10.6 Å². The second kappa shape index (κ2) is 5.06. The molecule has 2 N–H and O–H groups in total. The van der Waals surface area contributed by atoms with Crippen LogP contribution in [0.25, 0.3) is 0 Å². The largest absolute Gasteiger partial charge is 0.355 e. The molecule has 2 rings (SSSR count). The number of hydrogen-bond acceptors (Lipinski definition) is 3. The van der Waals surface area contributed by atoms with E-state index in [0.717, 1.165) is 30.6 Å². The molecule has 1 aliphatic heterocycles. The topological polar surface area (TPSA) is 59.0 Å². The van der Waals surface area contributed by atoms with Crippen molar-refractivity contribution in [1.29, 1.82) is 0 Å². The molecule has 0 radical (unpaired) electrons. The summed E-state index contributed by atoms with van der Waals surface area (Å²) in [6.45, 7) is 3.28. The van der Waals surface area contributed by atoms with Crippen molar-refractivity contribution in [2.24, 2.45) is 7.05 Å². The van der Waals surface area contributed by atoms with Crippen molar-refractivity contribution in [3.05, 3.63) is 16.4 Å². The quantitative estimate of drug-likeness (QED) is 0.839. The van der Waals surface area contributed by atoms with Gasteiger partial charge in [-0.25, -0.2) is 0 Å². The fourth-order valence-corrected chi connectivity index (χ4v) is 2.31. The number of halogens is 1. The fourth-order valence-electron chi connectivity index (χ4n) is 2.07. The first-order valence-corrected chi connectivity index (χ1v) is 6.16. The van der Waals surface area contributed by atoms with E-state index in [1.54, 1.807) is 4.68 Å². The predicted molar refractivity (Wildman–Crippen MR) is 65.8 cm³/mol. The lowest BCUT2D eigenvalue weighted by molar-refractivity contribution is -0.124. The molecule has 0 bridgehead atoms. The van der Waals surface area contributed by atoms with Crippen molar-refractivity contribution >= 4 is 17.5 Å². The molecular weight excluding hydrogens is 240 g/mol. The molecule has 1 aromatic heterocycles. The molecule has 94 valence electrons. The average molecular weight is 257 g/mol. The number of piperidine rings is 1. The van der Waals surface area contributed by atoms with Gasteiger partial charge in [0.05, 0.1) is 11.7 Å². The van der Waals surface area contributed by atoms with Crippen molar-refractivity contribution in [1.82, 2.24) is 20.4 Å². The minimum atomic E-state index is -0.112. The zero-order valence-electron chi connectivity index (χ0n) is 10.1. The number of nitrogens with zero attached hydrogens (tertiary/aromatic N) is 2.